The highest BCUT2D eigenvalue weighted by Gasteiger charge is 2.28. The van der Waals surface area contributed by atoms with E-state index in [0.29, 0.717) is 12.2 Å². The molecule has 1 fully saturated rings. The molecule has 0 aliphatic carbocycles. The van der Waals surface area contributed by atoms with Gasteiger partial charge in [-0.05, 0) is 26.7 Å². The molecule has 0 bridgehead atoms. The van der Waals surface area contributed by atoms with Crippen molar-refractivity contribution in [3.05, 3.63) is 17.6 Å². The topological polar surface area (TPSA) is 66.3 Å². The van der Waals surface area contributed by atoms with Gasteiger partial charge in [0, 0.05) is 18.3 Å². The van der Waals surface area contributed by atoms with E-state index in [-0.39, 0.29) is 0 Å². The monoisotopic (exact) mass is 249 g/mol. The number of carbonyl (C=O) groups is 1. The summed E-state index contributed by atoms with van der Waals surface area (Å²) in [4.78, 5) is 21.9. The third-order valence-electron chi connectivity index (χ3n) is 3.28. The Bertz CT molecular complexity index is 428. The number of aliphatic carboxylic acids is 1. The van der Waals surface area contributed by atoms with E-state index in [0.717, 1.165) is 37.3 Å². The Labute approximate surface area is 107 Å². The SMILES string of the molecule is Cc1cc(N2CCCCCC2C(=O)O)nc(C)n1. The summed E-state index contributed by atoms with van der Waals surface area (Å²) in [6, 6.07) is 1.41. The van der Waals surface area contributed by atoms with Crippen LogP contribution in [0.25, 0.3) is 0 Å². The van der Waals surface area contributed by atoms with Gasteiger partial charge in [0.15, 0.2) is 0 Å². The predicted molar refractivity (Wildman–Crippen MR) is 68.7 cm³/mol. The fourth-order valence-corrected chi connectivity index (χ4v) is 2.48. The molecule has 18 heavy (non-hydrogen) atoms. The lowest BCUT2D eigenvalue weighted by molar-refractivity contribution is -0.138. The average molecular weight is 249 g/mol. The van der Waals surface area contributed by atoms with E-state index in [2.05, 4.69) is 9.97 Å². The molecule has 2 rings (SSSR count). The third-order valence-corrected chi connectivity index (χ3v) is 3.28. The third kappa shape index (κ3) is 2.78. The van der Waals surface area contributed by atoms with Gasteiger partial charge >= 0.3 is 5.97 Å². The largest absolute Gasteiger partial charge is 0.480 e. The maximum atomic E-state index is 11.4. The van der Waals surface area contributed by atoms with Gasteiger partial charge in [-0.2, -0.15) is 0 Å². The fraction of sp³-hybridized carbons (Fsp3) is 0.615. The fourth-order valence-electron chi connectivity index (χ4n) is 2.48. The highest BCUT2D eigenvalue weighted by Crippen LogP contribution is 2.23. The average Bonchev–Trinajstić information content (AvgIpc) is 2.52. The molecule has 1 aromatic rings. The molecule has 1 unspecified atom stereocenters. The summed E-state index contributed by atoms with van der Waals surface area (Å²) in [6.07, 6.45) is 3.77. The van der Waals surface area contributed by atoms with E-state index in [1.807, 2.05) is 24.8 Å². The van der Waals surface area contributed by atoms with Crippen molar-refractivity contribution in [2.45, 2.75) is 45.6 Å². The van der Waals surface area contributed by atoms with Gasteiger partial charge < -0.3 is 10.0 Å². The van der Waals surface area contributed by atoms with Gasteiger partial charge in [0.1, 0.15) is 17.7 Å². The molecule has 1 aromatic heterocycles. The Kier molecular flexibility index (Phi) is 3.79. The number of rotatable bonds is 2. The van der Waals surface area contributed by atoms with E-state index < -0.39 is 12.0 Å². The Hall–Kier alpha value is -1.65. The molecule has 0 radical (unpaired) electrons. The van der Waals surface area contributed by atoms with Crippen LogP contribution in [0, 0.1) is 13.8 Å². The van der Waals surface area contributed by atoms with Crippen LogP contribution in [0.15, 0.2) is 6.07 Å². The van der Waals surface area contributed by atoms with Crippen LogP contribution in [-0.2, 0) is 4.79 Å². The summed E-state index contributed by atoms with van der Waals surface area (Å²) in [5.74, 6) is 0.679. The molecule has 0 amide bonds. The van der Waals surface area contributed by atoms with Gasteiger partial charge in [-0.3, -0.25) is 0 Å². The lowest BCUT2D eigenvalue weighted by Crippen LogP contribution is -2.41. The quantitative estimate of drug-likeness (QED) is 0.867. The zero-order chi connectivity index (χ0) is 13.1. The van der Waals surface area contributed by atoms with Gasteiger partial charge in [0.05, 0.1) is 0 Å². The molecule has 1 atom stereocenters. The van der Waals surface area contributed by atoms with E-state index >= 15 is 0 Å². The lowest BCUT2D eigenvalue weighted by Gasteiger charge is -2.28. The Morgan fingerprint density at radius 1 is 1.33 bits per heavy atom. The van der Waals surface area contributed by atoms with Crippen LogP contribution in [0.3, 0.4) is 0 Å². The van der Waals surface area contributed by atoms with Crippen molar-refractivity contribution in [1.29, 1.82) is 0 Å². The standard InChI is InChI=1S/C13H19N3O2/c1-9-8-12(15-10(2)14-9)16-7-5-3-4-6-11(16)13(17)18/h8,11H,3-7H2,1-2H3,(H,17,18). The highest BCUT2D eigenvalue weighted by molar-refractivity contribution is 5.77. The van der Waals surface area contributed by atoms with E-state index in [1.54, 1.807) is 0 Å². The van der Waals surface area contributed by atoms with Crippen molar-refractivity contribution in [2.75, 3.05) is 11.4 Å². The van der Waals surface area contributed by atoms with Gasteiger partial charge in [0.25, 0.3) is 0 Å². The Balaban J connectivity index is 2.34. The molecule has 0 spiro atoms. The van der Waals surface area contributed by atoms with Gasteiger partial charge in [-0.25, -0.2) is 14.8 Å². The second kappa shape index (κ2) is 5.33. The first-order valence-corrected chi connectivity index (χ1v) is 6.39. The molecule has 0 saturated carbocycles. The van der Waals surface area contributed by atoms with Crippen LogP contribution in [-0.4, -0.2) is 33.6 Å². The molecule has 5 heteroatoms. The van der Waals surface area contributed by atoms with Crippen molar-refractivity contribution in [3.8, 4) is 0 Å². The van der Waals surface area contributed by atoms with Crippen LogP contribution in [0.2, 0.25) is 0 Å². The number of carboxylic acid groups (broad SMARTS) is 1. The van der Waals surface area contributed by atoms with Crippen molar-refractivity contribution < 1.29 is 9.90 Å². The summed E-state index contributed by atoms with van der Waals surface area (Å²) in [7, 11) is 0. The van der Waals surface area contributed by atoms with Gasteiger partial charge in [-0.1, -0.05) is 12.8 Å². The van der Waals surface area contributed by atoms with Crippen molar-refractivity contribution in [3.63, 3.8) is 0 Å². The minimum atomic E-state index is -0.759. The molecule has 2 heterocycles. The molecule has 98 valence electrons. The smallest absolute Gasteiger partial charge is 0.326 e. The van der Waals surface area contributed by atoms with Crippen molar-refractivity contribution >= 4 is 11.8 Å². The van der Waals surface area contributed by atoms with Gasteiger partial charge in [-0.15, -0.1) is 0 Å². The number of carboxylic acids is 1. The number of hydrogen-bond acceptors (Lipinski definition) is 4. The summed E-state index contributed by atoms with van der Waals surface area (Å²) in [5, 5.41) is 9.35. The predicted octanol–water partition coefficient (Wildman–Crippen LogP) is 1.93. The molecule has 1 aliphatic heterocycles. The maximum absolute atomic E-state index is 11.4. The highest BCUT2D eigenvalue weighted by atomic mass is 16.4. The van der Waals surface area contributed by atoms with Crippen LogP contribution < -0.4 is 4.90 Å². The van der Waals surface area contributed by atoms with Crippen LogP contribution >= 0.6 is 0 Å². The molecule has 5 nitrogen and oxygen atoms in total. The van der Waals surface area contributed by atoms with E-state index in [4.69, 9.17) is 0 Å². The number of aryl methyl sites for hydroxylation is 2. The normalized spacial score (nSPS) is 20.6. The first-order valence-electron chi connectivity index (χ1n) is 6.39. The first-order chi connectivity index (χ1) is 8.58. The Morgan fingerprint density at radius 3 is 2.78 bits per heavy atom. The molecule has 0 aromatic carbocycles. The molecular formula is C13H19N3O2. The zero-order valence-corrected chi connectivity index (χ0v) is 10.9. The number of hydrogen-bond donors (Lipinski definition) is 1. The molecule has 1 aliphatic rings. The molecular weight excluding hydrogens is 230 g/mol. The summed E-state index contributed by atoms with van der Waals surface area (Å²) in [6.45, 7) is 4.50. The summed E-state index contributed by atoms with van der Waals surface area (Å²) >= 11 is 0. The number of nitrogens with zero attached hydrogens (tertiary/aromatic N) is 3. The second-order valence-electron chi connectivity index (χ2n) is 4.81. The van der Waals surface area contributed by atoms with Crippen LogP contribution in [0.5, 0.6) is 0 Å². The second-order valence-corrected chi connectivity index (χ2v) is 4.81. The minimum Gasteiger partial charge on any atom is -0.480 e. The lowest BCUT2D eigenvalue weighted by atomic mass is 10.1. The molecule has 1 N–H and O–H groups in total. The van der Waals surface area contributed by atoms with E-state index in [1.165, 1.54) is 0 Å². The Morgan fingerprint density at radius 2 is 2.11 bits per heavy atom. The minimum absolute atomic E-state index is 0.457. The van der Waals surface area contributed by atoms with Crippen molar-refractivity contribution in [1.82, 2.24) is 9.97 Å². The van der Waals surface area contributed by atoms with Crippen molar-refractivity contribution in [2.24, 2.45) is 0 Å². The first kappa shape index (κ1) is 12.8. The zero-order valence-electron chi connectivity index (χ0n) is 10.9. The van der Waals surface area contributed by atoms with Gasteiger partial charge in [0.2, 0.25) is 0 Å². The van der Waals surface area contributed by atoms with Crippen LogP contribution in [0.1, 0.15) is 37.2 Å². The molecule has 1 saturated heterocycles. The number of anilines is 1. The van der Waals surface area contributed by atoms with Crippen LogP contribution in [0.4, 0.5) is 5.82 Å². The maximum Gasteiger partial charge on any atom is 0.326 e. The summed E-state index contributed by atoms with van der Waals surface area (Å²) < 4.78 is 0. The van der Waals surface area contributed by atoms with E-state index in [9.17, 15) is 9.90 Å². The summed E-state index contributed by atoms with van der Waals surface area (Å²) in [5.41, 5.74) is 0.880. The number of aromatic nitrogens is 2.